The number of nitrogens with zero attached hydrogens (tertiary/aromatic N) is 2. The van der Waals surface area contributed by atoms with Gasteiger partial charge >= 0.3 is 0 Å². The molecule has 0 spiro atoms. The maximum absolute atomic E-state index is 12.2. The Morgan fingerprint density at radius 1 is 1.17 bits per heavy atom. The Labute approximate surface area is 151 Å². The summed E-state index contributed by atoms with van der Waals surface area (Å²) in [7, 11) is 0. The van der Waals surface area contributed by atoms with Crippen LogP contribution >= 0.6 is 15.9 Å². The van der Waals surface area contributed by atoms with Gasteiger partial charge in [0, 0.05) is 22.8 Å². The predicted molar refractivity (Wildman–Crippen MR) is 101 cm³/mol. The Bertz CT molecular complexity index is 718. The summed E-state index contributed by atoms with van der Waals surface area (Å²) in [4.78, 5) is 20.8. The van der Waals surface area contributed by atoms with E-state index in [0.717, 1.165) is 35.0 Å². The summed E-state index contributed by atoms with van der Waals surface area (Å²) in [6, 6.07) is 7.64. The molecule has 24 heavy (non-hydrogen) atoms. The van der Waals surface area contributed by atoms with E-state index in [9.17, 15) is 4.79 Å². The molecule has 0 atom stereocenters. The zero-order chi connectivity index (χ0) is 17.5. The number of anilines is 2. The van der Waals surface area contributed by atoms with Crippen LogP contribution < -0.4 is 10.6 Å². The van der Waals surface area contributed by atoms with Gasteiger partial charge in [-0.25, -0.2) is 9.97 Å². The lowest BCUT2D eigenvalue weighted by Crippen LogP contribution is -2.25. The van der Waals surface area contributed by atoms with Crippen molar-refractivity contribution < 1.29 is 4.79 Å². The predicted octanol–water partition coefficient (Wildman–Crippen LogP) is 4.52. The van der Waals surface area contributed by atoms with E-state index >= 15 is 0 Å². The quantitative estimate of drug-likeness (QED) is 0.681. The van der Waals surface area contributed by atoms with Crippen molar-refractivity contribution in [2.75, 3.05) is 11.9 Å². The number of halogens is 1. The average molecular weight is 391 g/mol. The van der Waals surface area contributed by atoms with Gasteiger partial charge in [-0.1, -0.05) is 35.7 Å². The fourth-order valence-corrected chi connectivity index (χ4v) is 2.53. The van der Waals surface area contributed by atoms with Crippen LogP contribution in [0.1, 0.15) is 48.1 Å². The van der Waals surface area contributed by atoms with Gasteiger partial charge in [-0.15, -0.1) is 0 Å². The number of rotatable bonds is 7. The monoisotopic (exact) mass is 390 g/mol. The van der Waals surface area contributed by atoms with E-state index in [1.807, 2.05) is 25.1 Å². The molecular weight excluding hydrogens is 368 g/mol. The van der Waals surface area contributed by atoms with Gasteiger partial charge in [0.2, 0.25) is 0 Å². The standard InChI is InChI=1S/C18H23BrN4O/c1-4-5-6-9-20-18(24)16-11-17(22-13(3)21-16)23-14-7-8-15(19)12(2)10-14/h7-8,10-11H,4-6,9H2,1-3H3,(H,20,24)(H,21,22,23). The topological polar surface area (TPSA) is 66.9 Å². The van der Waals surface area contributed by atoms with Gasteiger partial charge in [0.05, 0.1) is 0 Å². The van der Waals surface area contributed by atoms with Crippen LogP contribution in [0.5, 0.6) is 0 Å². The van der Waals surface area contributed by atoms with Gasteiger partial charge in [0.15, 0.2) is 0 Å². The van der Waals surface area contributed by atoms with Gasteiger partial charge in [0.25, 0.3) is 5.91 Å². The summed E-state index contributed by atoms with van der Waals surface area (Å²) < 4.78 is 1.05. The zero-order valence-electron chi connectivity index (χ0n) is 14.3. The van der Waals surface area contributed by atoms with E-state index in [1.54, 1.807) is 13.0 Å². The molecule has 0 saturated carbocycles. The first-order valence-electron chi connectivity index (χ1n) is 8.16. The number of aryl methyl sites for hydroxylation is 2. The number of benzene rings is 1. The fourth-order valence-electron chi connectivity index (χ4n) is 2.29. The highest BCUT2D eigenvalue weighted by molar-refractivity contribution is 9.10. The minimum Gasteiger partial charge on any atom is -0.351 e. The van der Waals surface area contributed by atoms with E-state index in [-0.39, 0.29) is 5.91 Å². The van der Waals surface area contributed by atoms with Crippen molar-refractivity contribution in [1.29, 1.82) is 0 Å². The van der Waals surface area contributed by atoms with Crippen molar-refractivity contribution in [3.8, 4) is 0 Å². The molecule has 0 unspecified atom stereocenters. The van der Waals surface area contributed by atoms with Crippen molar-refractivity contribution in [2.24, 2.45) is 0 Å². The van der Waals surface area contributed by atoms with Gasteiger partial charge in [0.1, 0.15) is 17.3 Å². The third-order valence-corrected chi connectivity index (χ3v) is 4.46. The molecular formula is C18H23BrN4O. The van der Waals surface area contributed by atoms with Gasteiger partial charge in [-0.3, -0.25) is 4.79 Å². The zero-order valence-corrected chi connectivity index (χ0v) is 15.9. The maximum atomic E-state index is 12.2. The van der Waals surface area contributed by atoms with Gasteiger partial charge in [-0.2, -0.15) is 0 Å². The van der Waals surface area contributed by atoms with Gasteiger partial charge < -0.3 is 10.6 Å². The molecule has 1 heterocycles. The molecule has 0 aliphatic rings. The molecule has 0 radical (unpaired) electrons. The number of aromatic nitrogens is 2. The van der Waals surface area contributed by atoms with Crippen LogP contribution in [-0.4, -0.2) is 22.4 Å². The average Bonchev–Trinajstić information content (AvgIpc) is 2.54. The summed E-state index contributed by atoms with van der Waals surface area (Å²) >= 11 is 3.49. The van der Waals surface area contributed by atoms with Crippen LogP contribution in [0.2, 0.25) is 0 Å². The lowest BCUT2D eigenvalue weighted by atomic mass is 10.2. The molecule has 2 N–H and O–H groups in total. The third-order valence-electron chi connectivity index (χ3n) is 3.57. The van der Waals surface area contributed by atoms with Crippen LogP contribution in [-0.2, 0) is 0 Å². The Hall–Kier alpha value is -1.95. The first-order valence-corrected chi connectivity index (χ1v) is 8.96. The summed E-state index contributed by atoms with van der Waals surface area (Å²) in [6.45, 7) is 6.61. The highest BCUT2D eigenvalue weighted by Gasteiger charge is 2.10. The summed E-state index contributed by atoms with van der Waals surface area (Å²) in [6.07, 6.45) is 3.22. The minimum absolute atomic E-state index is 0.161. The molecule has 2 aromatic rings. The highest BCUT2D eigenvalue weighted by Crippen LogP contribution is 2.22. The largest absolute Gasteiger partial charge is 0.351 e. The van der Waals surface area contributed by atoms with Crippen molar-refractivity contribution >= 4 is 33.3 Å². The molecule has 0 aliphatic heterocycles. The summed E-state index contributed by atoms with van der Waals surface area (Å²) in [5.41, 5.74) is 2.43. The van der Waals surface area contributed by atoms with E-state index < -0.39 is 0 Å². The first kappa shape index (κ1) is 18.4. The maximum Gasteiger partial charge on any atom is 0.270 e. The lowest BCUT2D eigenvalue weighted by Gasteiger charge is -2.10. The highest BCUT2D eigenvalue weighted by atomic mass is 79.9. The van der Waals surface area contributed by atoms with Crippen molar-refractivity contribution in [3.05, 3.63) is 45.8 Å². The third kappa shape index (κ3) is 5.30. The van der Waals surface area contributed by atoms with Crippen molar-refractivity contribution in [3.63, 3.8) is 0 Å². The number of hydrogen-bond donors (Lipinski definition) is 2. The van der Waals surface area contributed by atoms with Crippen molar-refractivity contribution in [2.45, 2.75) is 40.0 Å². The number of amides is 1. The summed E-state index contributed by atoms with van der Waals surface area (Å²) in [5, 5.41) is 6.14. The summed E-state index contributed by atoms with van der Waals surface area (Å²) in [5.74, 6) is 1.02. The van der Waals surface area contributed by atoms with Crippen LogP contribution in [0.15, 0.2) is 28.7 Å². The molecule has 0 bridgehead atoms. The normalized spacial score (nSPS) is 10.5. The second kappa shape index (κ2) is 8.78. The molecule has 128 valence electrons. The molecule has 0 saturated heterocycles. The molecule has 5 nitrogen and oxygen atoms in total. The Morgan fingerprint density at radius 3 is 2.67 bits per heavy atom. The fraction of sp³-hybridized carbons (Fsp3) is 0.389. The SMILES string of the molecule is CCCCCNC(=O)c1cc(Nc2ccc(Br)c(C)c2)nc(C)n1. The van der Waals surface area contributed by atoms with E-state index in [1.165, 1.54) is 0 Å². The van der Waals surface area contributed by atoms with Crippen LogP contribution in [0, 0.1) is 13.8 Å². The minimum atomic E-state index is -0.161. The Kier molecular flexibility index (Phi) is 6.73. The van der Waals surface area contributed by atoms with Crippen LogP contribution in [0.3, 0.4) is 0 Å². The van der Waals surface area contributed by atoms with E-state index in [4.69, 9.17) is 0 Å². The van der Waals surface area contributed by atoms with E-state index in [2.05, 4.69) is 43.5 Å². The Balaban J connectivity index is 2.10. The Morgan fingerprint density at radius 2 is 1.96 bits per heavy atom. The number of hydrogen-bond acceptors (Lipinski definition) is 4. The van der Waals surface area contributed by atoms with Crippen LogP contribution in [0.25, 0.3) is 0 Å². The lowest BCUT2D eigenvalue weighted by molar-refractivity contribution is 0.0947. The molecule has 0 aliphatic carbocycles. The molecule has 6 heteroatoms. The molecule has 2 rings (SSSR count). The van der Waals surface area contributed by atoms with Crippen molar-refractivity contribution in [1.82, 2.24) is 15.3 Å². The second-order valence-electron chi connectivity index (χ2n) is 5.74. The second-order valence-corrected chi connectivity index (χ2v) is 6.59. The number of carbonyl (C=O) groups excluding carboxylic acids is 1. The molecule has 0 fully saturated rings. The number of unbranched alkanes of at least 4 members (excludes halogenated alkanes) is 2. The number of carbonyl (C=O) groups is 1. The molecule has 1 aromatic carbocycles. The number of nitrogens with one attached hydrogen (secondary N) is 2. The van der Waals surface area contributed by atoms with Gasteiger partial charge in [-0.05, 0) is 44.0 Å². The first-order chi connectivity index (χ1) is 11.5. The molecule has 1 aromatic heterocycles. The van der Waals surface area contributed by atoms with E-state index in [0.29, 0.717) is 23.9 Å². The smallest absolute Gasteiger partial charge is 0.270 e. The molecule has 1 amide bonds. The van der Waals surface area contributed by atoms with Crippen LogP contribution in [0.4, 0.5) is 11.5 Å².